The summed E-state index contributed by atoms with van der Waals surface area (Å²) in [5.41, 5.74) is 1.69. The average Bonchev–Trinajstić information content (AvgIpc) is 2.63. The minimum absolute atomic E-state index is 0.303. The monoisotopic (exact) mass is 264 g/mol. The number of hydrogen-bond acceptors (Lipinski definition) is 3. The minimum atomic E-state index is -0.350. The lowest BCUT2D eigenvalue weighted by molar-refractivity contribution is -0.168. The molecular weight excluding hydrogens is 248 g/mol. The van der Waals surface area contributed by atoms with Gasteiger partial charge in [0.1, 0.15) is 0 Å². The molecule has 0 unspecified atom stereocenters. The molecule has 0 spiro atoms. The molecule has 0 amide bonds. The molecule has 1 aromatic rings. The van der Waals surface area contributed by atoms with E-state index in [0.717, 1.165) is 37.0 Å². The van der Waals surface area contributed by atoms with Crippen LogP contribution in [0.4, 0.5) is 0 Å². The summed E-state index contributed by atoms with van der Waals surface area (Å²) in [5, 5.41) is 12.5. The van der Waals surface area contributed by atoms with Gasteiger partial charge in [0.2, 0.25) is 0 Å². The van der Waals surface area contributed by atoms with E-state index in [1.807, 2.05) is 24.3 Å². The van der Waals surface area contributed by atoms with Crippen molar-refractivity contribution in [3.05, 3.63) is 34.9 Å². The third-order valence-corrected chi connectivity index (χ3v) is 4.49. The maximum Gasteiger partial charge on any atom is 0.152 e. The zero-order valence-corrected chi connectivity index (χ0v) is 11.2. The normalized spacial score (nSPS) is 32.2. The number of hydroxylamine groups is 2. The molecule has 1 saturated carbocycles. The standard InChI is InChI=1S/C14H17ClN2O/c1-14-9-5-4-8-12(14)16-13(17(14)18)10-6-2-3-7-11(10)15/h2-3,6-7,13,18H,4-5,8-9H2,1H3/t13-,14+/m1/s1. The van der Waals surface area contributed by atoms with Crippen LogP contribution in [0, 0.1) is 0 Å². The van der Waals surface area contributed by atoms with Gasteiger partial charge in [-0.2, -0.15) is 5.06 Å². The number of benzene rings is 1. The topological polar surface area (TPSA) is 35.8 Å². The van der Waals surface area contributed by atoms with Crippen molar-refractivity contribution in [3.8, 4) is 0 Å². The van der Waals surface area contributed by atoms with Crippen LogP contribution in [0.5, 0.6) is 0 Å². The highest BCUT2D eigenvalue weighted by Gasteiger charge is 2.47. The van der Waals surface area contributed by atoms with Gasteiger partial charge in [-0.1, -0.05) is 36.2 Å². The predicted octanol–water partition coefficient (Wildman–Crippen LogP) is 3.82. The summed E-state index contributed by atoms with van der Waals surface area (Å²) in [6.07, 6.45) is 3.90. The van der Waals surface area contributed by atoms with Crippen molar-refractivity contribution in [2.45, 2.75) is 44.3 Å². The molecule has 3 nitrogen and oxygen atoms in total. The summed E-state index contributed by atoms with van der Waals surface area (Å²) < 4.78 is 0. The summed E-state index contributed by atoms with van der Waals surface area (Å²) in [4.78, 5) is 4.70. The van der Waals surface area contributed by atoms with Gasteiger partial charge in [0.05, 0.1) is 5.54 Å². The van der Waals surface area contributed by atoms with Crippen LogP contribution in [-0.4, -0.2) is 21.5 Å². The van der Waals surface area contributed by atoms with Gasteiger partial charge >= 0.3 is 0 Å². The van der Waals surface area contributed by atoms with E-state index in [4.69, 9.17) is 16.6 Å². The molecule has 0 aromatic heterocycles. The molecule has 1 heterocycles. The lowest BCUT2D eigenvalue weighted by atomic mass is 9.82. The molecule has 2 aliphatic rings. The van der Waals surface area contributed by atoms with Crippen molar-refractivity contribution in [2.75, 3.05) is 0 Å². The van der Waals surface area contributed by atoms with Gasteiger partial charge in [-0.05, 0) is 32.3 Å². The molecule has 2 atom stereocenters. The first kappa shape index (κ1) is 12.2. The van der Waals surface area contributed by atoms with E-state index >= 15 is 0 Å². The lowest BCUT2D eigenvalue weighted by Gasteiger charge is -2.36. The zero-order valence-electron chi connectivity index (χ0n) is 10.4. The van der Waals surface area contributed by atoms with Crippen LogP contribution in [0.2, 0.25) is 5.02 Å². The highest BCUT2D eigenvalue weighted by molar-refractivity contribution is 6.31. The number of hydrogen-bond donors (Lipinski definition) is 1. The van der Waals surface area contributed by atoms with E-state index in [1.165, 1.54) is 5.06 Å². The van der Waals surface area contributed by atoms with Crippen molar-refractivity contribution in [3.63, 3.8) is 0 Å². The average molecular weight is 265 g/mol. The second-order valence-corrected chi connectivity index (χ2v) is 5.70. The smallest absolute Gasteiger partial charge is 0.152 e. The molecule has 3 rings (SSSR count). The Balaban J connectivity index is 2.01. The Kier molecular flexibility index (Phi) is 2.93. The van der Waals surface area contributed by atoms with Crippen LogP contribution in [-0.2, 0) is 0 Å². The van der Waals surface area contributed by atoms with E-state index in [1.54, 1.807) is 0 Å². The van der Waals surface area contributed by atoms with Gasteiger partial charge in [0.15, 0.2) is 6.17 Å². The highest BCUT2D eigenvalue weighted by atomic mass is 35.5. The van der Waals surface area contributed by atoms with Crippen molar-refractivity contribution in [2.24, 2.45) is 4.99 Å². The van der Waals surface area contributed by atoms with E-state index in [0.29, 0.717) is 5.02 Å². The van der Waals surface area contributed by atoms with Gasteiger partial charge < -0.3 is 5.21 Å². The molecule has 1 aromatic carbocycles. The molecule has 1 N–H and O–H groups in total. The Hall–Kier alpha value is -0.900. The number of halogens is 1. The molecule has 4 heteroatoms. The minimum Gasteiger partial charge on any atom is -0.311 e. The largest absolute Gasteiger partial charge is 0.311 e. The molecule has 0 bridgehead atoms. The molecule has 96 valence electrons. The fraction of sp³-hybridized carbons (Fsp3) is 0.500. The fourth-order valence-corrected chi connectivity index (χ4v) is 3.22. The highest BCUT2D eigenvalue weighted by Crippen LogP contribution is 2.43. The summed E-state index contributed by atoms with van der Waals surface area (Å²) >= 11 is 6.21. The van der Waals surface area contributed by atoms with Crippen molar-refractivity contribution in [1.82, 2.24) is 5.06 Å². The van der Waals surface area contributed by atoms with Crippen molar-refractivity contribution < 1.29 is 5.21 Å². The van der Waals surface area contributed by atoms with Crippen LogP contribution >= 0.6 is 11.6 Å². The van der Waals surface area contributed by atoms with Gasteiger partial charge in [0.25, 0.3) is 0 Å². The first-order valence-electron chi connectivity index (χ1n) is 6.43. The molecule has 0 saturated heterocycles. The van der Waals surface area contributed by atoms with Crippen molar-refractivity contribution in [1.29, 1.82) is 0 Å². The Morgan fingerprint density at radius 2 is 2.17 bits per heavy atom. The first-order chi connectivity index (χ1) is 8.63. The maximum atomic E-state index is 10.5. The summed E-state index contributed by atoms with van der Waals surface area (Å²) in [6.45, 7) is 2.07. The van der Waals surface area contributed by atoms with E-state index in [2.05, 4.69) is 6.92 Å². The second kappa shape index (κ2) is 4.34. The molecule has 1 aliphatic carbocycles. The molecule has 18 heavy (non-hydrogen) atoms. The first-order valence-corrected chi connectivity index (χ1v) is 6.80. The van der Waals surface area contributed by atoms with Crippen LogP contribution in [0.15, 0.2) is 29.3 Å². The molecule has 0 radical (unpaired) electrons. The second-order valence-electron chi connectivity index (χ2n) is 5.30. The SMILES string of the molecule is C[C@]12CCCCC1=N[C@@H](c1ccccc1Cl)N2O. The number of fused-ring (bicyclic) bond motifs is 1. The number of aliphatic imine (C=N–C) groups is 1. The lowest BCUT2D eigenvalue weighted by Crippen LogP contribution is -2.48. The van der Waals surface area contributed by atoms with Gasteiger partial charge in [-0.25, -0.2) is 0 Å². The fourth-order valence-electron chi connectivity index (χ4n) is 2.98. The van der Waals surface area contributed by atoms with Gasteiger partial charge in [0, 0.05) is 16.3 Å². The third-order valence-electron chi connectivity index (χ3n) is 4.15. The van der Waals surface area contributed by atoms with E-state index in [-0.39, 0.29) is 11.7 Å². The van der Waals surface area contributed by atoms with E-state index < -0.39 is 0 Å². The Bertz CT molecular complexity index is 502. The quantitative estimate of drug-likeness (QED) is 0.837. The van der Waals surface area contributed by atoms with Crippen LogP contribution in [0.3, 0.4) is 0 Å². The van der Waals surface area contributed by atoms with Crippen LogP contribution < -0.4 is 0 Å². The Morgan fingerprint density at radius 1 is 1.39 bits per heavy atom. The zero-order chi connectivity index (χ0) is 12.8. The maximum absolute atomic E-state index is 10.5. The van der Waals surface area contributed by atoms with Crippen LogP contribution in [0.25, 0.3) is 0 Å². The molecule has 1 fully saturated rings. The Labute approximate surface area is 112 Å². The van der Waals surface area contributed by atoms with E-state index in [9.17, 15) is 5.21 Å². The molecule has 1 aliphatic heterocycles. The van der Waals surface area contributed by atoms with Gasteiger partial charge in [-0.15, -0.1) is 0 Å². The number of rotatable bonds is 1. The Morgan fingerprint density at radius 3 is 2.89 bits per heavy atom. The predicted molar refractivity (Wildman–Crippen MR) is 72.1 cm³/mol. The summed E-state index contributed by atoms with van der Waals surface area (Å²) in [6, 6.07) is 7.60. The summed E-state index contributed by atoms with van der Waals surface area (Å²) in [5.74, 6) is 0. The molecular formula is C14H17ClN2O. The third kappa shape index (κ3) is 1.69. The number of nitrogens with zero attached hydrogens (tertiary/aromatic N) is 2. The van der Waals surface area contributed by atoms with Crippen LogP contribution in [0.1, 0.15) is 44.3 Å². The van der Waals surface area contributed by atoms with Gasteiger partial charge in [-0.3, -0.25) is 4.99 Å². The van der Waals surface area contributed by atoms with Crippen molar-refractivity contribution >= 4 is 17.3 Å². The summed E-state index contributed by atoms with van der Waals surface area (Å²) in [7, 11) is 0.